The van der Waals surface area contributed by atoms with Gasteiger partial charge in [-0.2, -0.15) is 0 Å². The van der Waals surface area contributed by atoms with Crippen molar-refractivity contribution in [2.24, 2.45) is 0 Å². The Balaban J connectivity index is 1.91. The van der Waals surface area contributed by atoms with Crippen LogP contribution in [0.15, 0.2) is 36.7 Å². The number of hydrogen-bond donors (Lipinski definition) is 2. The number of nitrogens with zero attached hydrogens (tertiary/aromatic N) is 2. The van der Waals surface area contributed by atoms with Crippen molar-refractivity contribution in [2.75, 3.05) is 12.3 Å². The number of aryl methyl sites for hydroxylation is 1. The monoisotopic (exact) mass is 256 g/mol. The van der Waals surface area contributed by atoms with Crippen LogP contribution in [-0.4, -0.2) is 22.4 Å². The Bertz CT molecular complexity index is 569. The van der Waals surface area contributed by atoms with E-state index in [0.717, 1.165) is 11.4 Å². The molecule has 19 heavy (non-hydrogen) atoms. The van der Waals surface area contributed by atoms with Crippen LogP contribution in [-0.2, 0) is 6.42 Å². The molecule has 0 saturated heterocycles. The number of nitrogen functional groups attached to an aromatic ring is 1. The minimum Gasteiger partial charge on any atom is -0.398 e. The van der Waals surface area contributed by atoms with Crippen LogP contribution in [0, 0.1) is 6.92 Å². The SMILES string of the molecule is Cc1cc(N)c(C(=O)NCCc2ccccn2)cn1. The van der Waals surface area contributed by atoms with Crippen LogP contribution < -0.4 is 11.1 Å². The third-order valence-corrected chi connectivity index (χ3v) is 2.71. The molecule has 0 aromatic carbocycles. The van der Waals surface area contributed by atoms with Gasteiger partial charge in [-0.05, 0) is 25.1 Å². The number of nitrogens with two attached hydrogens (primary N) is 1. The second-order valence-corrected chi connectivity index (χ2v) is 4.24. The summed E-state index contributed by atoms with van der Waals surface area (Å²) in [5.41, 5.74) is 8.38. The standard InChI is InChI=1S/C14H16N4O/c1-10-8-13(15)12(9-18-10)14(19)17-7-5-11-4-2-3-6-16-11/h2-4,6,8-9H,5,7H2,1H3,(H2,15,18)(H,17,19). The van der Waals surface area contributed by atoms with E-state index in [0.29, 0.717) is 24.2 Å². The van der Waals surface area contributed by atoms with Gasteiger partial charge in [0.25, 0.3) is 5.91 Å². The van der Waals surface area contributed by atoms with Crippen molar-refractivity contribution >= 4 is 11.6 Å². The maximum Gasteiger partial charge on any atom is 0.254 e. The maximum absolute atomic E-state index is 11.9. The van der Waals surface area contributed by atoms with E-state index in [1.54, 1.807) is 12.3 Å². The van der Waals surface area contributed by atoms with Crippen molar-refractivity contribution in [3.05, 3.63) is 53.6 Å². The molecular formula is C14H16N4O. The molecule has 2 rings (SSSR count). The number of hydrogen-bond acceptors (Lipinski definition) is 4. The Kier molecular flexibility index (Phi) is 4.07. The summed E-state index contributed by atoms with van der Waals surface area (Å²) in [6.07, 6.45) is 3.92. The lowest BCUT2D eigenvalue weighted by atomic mass is 10.2. The van der Waals surface area contributed by atoms with Crippen molar-refractivity contribution in [1.82, 2.24) is 15.3 Å². The van der Waals surface area contributed by atoms with E-state index < -0.39 is 0 Å². The number of nitrogens with one attached hydrogen (secondary N) is 1. The van der Waals surface area contributed by atoms with Crippen LogP contribution in [0.4, 0.5) is 5.69 Å². The molecule has 0 fully saturated rings. The largest absolute Gasteiger partial charge is 0.398 e. The Morgan fingerprint density at radius 2 is 2.21 bits per heavy atom. The highest BCUT2D eigenvalue weighted by Gasteiger charge is 2.09. The van der Waals surface area contributed by atoms with Gasteiger partial charge in [0.2, 0.25) is 0 Å². The van der Waals surface area contributed by atoms with Gasteiger partial charge in [-0.25, -0.2) is 0 Å². The summed E-state index contributed by atoms with van der Waals surface area (Å²) >= 11 is 0. The van der Waals surface area contributed by atoms with E-state index in [1.165, 1.54) is 6.20 Å². The normalized spacial score (nSPS) is 10.2. The third-order valence-electron chi connectivity index (χ3n) is 2.71. The van der Waals surface area contributed by atoms with Crippen molar-refractivity contribution in [1.29, 1.82) is 0 Å². The van der Waals surface area contributed by atoms with E-state index in [9.17, 15) is 4.79 Å². The summed E-state index contributed by atoms with van der Waals surface area (Å²) in [4.78, 5) is 20.2. The van der Waals surface area contributed by atoms with Gasteiger partial charge in [-0.15, -0.1) is 0 Å². The molecular weight excluding hydrogens is 240 g/mol. The van der Waals surface area contributed by atoms with Gasteiger partial charge in [0.15, 0.2) is 0 Å². The Hall–Kier alpha value is -2.43. The first kappa shape index (κ1) is 13.0. The number of carbonyl (C=O) groups is 1. The van der Waals surface area contributed by atoms with Gasteiger partial charge in [0.1, 0.15) is 0 Å². The highest BCUT2D eigenvalue weighted by atomic mass is 16.1. The van der Waals surface area contributed by atoms with Crippen LogP contribution in [0.3, 0.4) is 0 Å². The van der Waals surface area contributed by atoms with Crippen molar-refractivity contribution < 1.29 is 4.79 Å². The summed E-state index contributed by atoms with van der Waals surface area (Å²) in [5, 5.41) is 2.81. The molecule has 1 amide bonds. The second-order valence-electron chi connectivity index (χ2n) is 4.24. The van der Waals surface area contributed by atoms with Crippen LogP contribution in [0.2, 0.25) is 0 Å². The van der Waals surface area contributed by atoms with Gasteiger partial charge >= 0.3 is 0 Å². The van der Waals surface area contributed by atoms with E-state index in [4.69, 9.17) is 5.73 Å². The molecule has 0 atom stereocenters. The topological polar surface area (TPSA) is 80.9 Å². The number of amides is 1. The Labute approximate surface area is 111 Å². The highest BCUT2D eigenvalue weighted by molar-refractivity contribution is 5.98. The summed E-state index contributed by atoms with van der Waals surface area (Å²) in [6, 6.07) is 7.40. The fourth-order valence-corrected chi connectivity index (χ4v) is 1.72. The average molecular weight is 256 g/mol. The molecule has 2 aromatic heterocycles. The van der Waals surface area contributed by atoms with Gasteiger partial charge < -0.3 is 11.1 Å². The lowest BCUT2D eigenvalue weighted by Crippen LogP contribution is -2.26. The molecule has 0 aliphatic rings. The quantitative estimate of drug-likeness (QED) is 0.865. The highest BCUT2D eigenvalue weighted by Crippen LogP contribution is 2.10. The summed E-state index contributed by atoms with van der Waals surface area (Å²) in [5.74, 6) is -0.207. The minimum absolute atomic E-state index is 0.207. The third kappa shape index (κ3) is 3.51. The summed E-state index contributed by atoms with van der Waals surface area (Å²) in [7, 11) is 0. The fraction of sp³-hybridized carbons (Fsp3) is 0.214. The number of rotatable bonds is 4. The average Bonchev–Trinajstić information content (AvgIpc) is 2.39. The molecule has 0 radical (unpaired) electrons. The molecule has 98 valence electrons. The first-order valence-electron chi connectivity index (χ1n) is 6.07. The lowest BCUT2D eigenvalue weighted by molar-refractivity contribution is 0.0954. The Morgan fingerprint density at radius 3 is 2.89 bits per heavy atom. The molecule has 0 aliphatic carbocycles. The summed E-state index contributed by atoms with van der Waals surface area (Å²) < 4.78 is 0. The van der Waals surface area contributed by atoms with Crippen LogP contribution in [0.5, 0.6) is 0 Å². The van der Waals surface area contributed by atoms with Gasteiger partial charge in [0.05, 0.1) is 5.56 Å². The first-order valence-corrected chi connectivity index (χ1v) is 6.07. The lowest BCUT2D eigenvalue weighted by Gasteiger charge is -2.07. The molecule has 0 spiro atoms. The Morgan fingerprint density at radius 1 is 1.37 bits per heavy atom. The van der Waals surface area contributed by atoms with E-state index >= 15 is 0 Å². The molecule has 5 heteroatoms. The van der Waals surface area contributed by atoms with Crippen LogP contribution in [0.1, 0.15) is 21.7 Å². The predicted octanol–water partition coefficient (Wildman–Crippen LogP) is 1.34. The number of anilines is 1. The smallest absolute Gasteiger partial charge is 0.254 e. The number of pyridine rings is 2. The molecule has 0 bridgehead atoms. The molecule has 0 unspecified atom stereocenters. The van der Waals surface area contributed by atoms with E-state index in [2.05, 4.69) is 15.3 Å². The zero-order chi connectivity index (χ0) is 13.7. The molecule has 2 heterocycles. The van der Waals surface area contributed by atoms with Crippen molar-refractivity contribution in [2.45, 2.75) is 13.3 Å². The number of carbonyl (C=O) groups excluding carboxylic acids is 1. The van der Waals surface area contributed by atoms with Gasteiger partial charge in [0, 0.05) is 42.4 Å². The van der Waals surface area contributed by atoms with Crippen molar-refractivity contribution in [3.63, 3.8) is 0 Å². The minimum atomic E-state index is -0.207. The predicted molar refractivity (Wildman–Crippen MR) is 73.7 cm³/mol. The summed E-state index contributed by atoms with van der Waals surface area (Å²) in [6.45, 7) is 2.35. The molecule has 0 saturated carbocycles. The van der Waals surface area contributed by atoms with Crippen LogP contribution in [0.25, 0.3) is 0 Å². The first-order chi connectivity index (χ1) is 9.16. The van der Waals surface area contributed by atoms with Gasteiger partial charge in [-0.3, -0.25) is 14.8 Å². The zero-order valence-corrected chi connectivity index (χ0v) is 10.8. The zero-order valence-electron chi connectivity index (χ0n) is 10.8. The van der Waals surface area contributed by atoms with E-state index in [-0.39, 0.29) is 5.91 Å². The molecule has 5 nitrogen and oxygen atoms in total. The molecule has 2 aromatic rings. The second kappa shape index (κ2) is 5.95. The number of aromatic nitrogens is 2. The maximum atomic E-state index is 11.9. The molecule has 0 aliphatic heterocycles. The van der Waals surface area contributed by atoms with Gasteiger partial charge in [-0.1, -0.05) is 6.07 Å². The van der Waals surface area contributed by atoms with E-state index in [1.807, 2.05) is 25.1 Å². The fourth-order valence-electron chi connectivity index (χ4n) is 1.72. The van der Waals surface area contributed by atoms with Crippen molar-refractivity contribution in [3.8, 4) is 0 Å². The molecule has 3 N–H and O–H groups in total. The van der Waals surface area contributed by atoms with Crippen LogP contribution >= 0.6 is 0 Å².